The molecule has 0 saturated carbocycles. The molecule has 96 valence electrons. The highest BCUT2D eigenvalue weighted by Gasteiger charge is 2.47. The standard InChI is InChI=1S/C13H22N2O2/c16-12-13(5-6-14-10-13)4-1-7-15(12)11-2-8-17-9-3-11/h11,14H,1-10H2. The van der Waals surface area contributed by atoms with E-state index in [0.717, 1.165) is 58.5 Å². The molecule has 3 aliphatic heterocycles. The summed E-state index contributed by atoms with van der Waals surface area (Å²) >= 11 is 0. The van der Waals surface area contributed by atoms with Gasteiger partial charge in [0.05, 0.1) is 5.41 Å². The Bertz CT molecular complexity index is 294. The maximum Gasteiger partial charge on any atom is 0.230 e. The fraction of sp³-hybridized carbons (Fsp3) is 0.923. The number of amides is 1. The van der Waals surface area contributed by atoms with Crippen LogP contribution in [-0.2, 0) is 9.53 Å². The van der Waals surface area contributed by atoms with Crippen LogP contribution >= 0.6 is 0 Å². The van der Waals surface area contributed by atoms with E-state index in [1.807, 2.05) is 0 Å². The lowest BCUT2D eigenvalue weighted by molar-refractivity contribution is -0.150. The molecule has 1 N–H and O–H groups in total. The number of hydrogen-bond donors (Lipinski definition) is 1. The lowest BCUT2D eigenvalue weighted by Crippen LogP contribution is -2.54. The minimum atomic E-state index is -0.0590. The molecule has 1 spiro atoms. The zero-order valence-electron chi connectivity index (χ0n) is 10.4. The molecule has 0 aromatic rings. The van der Waals surface area contributed by atoms with Crippen LogP contribution in [0.15, 0.2) is 0 Å². The third-order valence-corrected chi connectivity index (χ3v) is 4.64. The van der Waals surface area contributed by atoms with Gasteiger partial charge in [0.25, 0.3) is 0 Å². The van der Waals surface area contributed by atoms with Crippen molar-refractivity contribution in [2.24, 2.45) is 5.41 Å². The van der Waals surface area contributed by atoms with Gasteiger partial charge in [0, 0.05) is 32.3 Å². The Morgan fingerprint density at radius 2 is 2.12 bits per heavy atom. The topological polar surface area (TPSA) is 41.6 Å². The van der Waals surface area contributed by atoms with Crippen molar-refractivity contribution < 1.29 is 9.53 Å². The van der Waals surface area contributed by atoms with Crippen LogP contribution in [0.25, 0.3) is 0 Å². The second-order valence-electron chi connectivity index (χ2n) is 5.65. The van der Waals surface area contributed by atoms with Gasteiger partial charge in [-0.2, -0.15) is 0 Å². The van der Waals surface area contributed by atoms with Crippen LogP contribution in [0.4, 0.5) is 0 Å². The lowest BCUT2D eigenvalue weighted by Gasteiger charge is -2.44. The van der Waals surface area contributed by atoms with E-state index in [9.17, 15) is 4.79 Å². The van der Waals surface area contributed by atoms with Crippen molar-refractivity contribution in [3.05, 3.63) is 0 Å². The Hall–Kier alpha value is -0.610. The molecular formula is C13H22N2O2. The van der Waals surface area contributed by atoms with Gasteiger partial charge < -0.3 is 15.0 Å². The van der Waals surface area contributed by atoms with E-state index in [0.29, 0.717) is 11.9 Å². The summed E-state index contributed by atoms with van der Waals surface area (Å²) in [5, 5.41) is 3.36. The minimum absolute atomic E-state index is 0.0590. The van der Waals surface area contributed by atoms with Crippen LogP contribution in [0.3, 0.4) is 0 Å². The predicted octanol–water partition coefficient (Wildman–Crippen LogP) is 0.767. The zero-order valence-corrected chi connectivity index (χ0v) is 10.4. The van der Waals surface area contributed by atoms with E-state index in [1.54, 1.807) is 0 Å². The maximum absolute atomic E-state index is 12.7. The first kappa shape index (κ1) is 11.5. The average Bonchev–Trinajstić information content (AvgIpc) is 2.84. The molecule has 3 rings (SSSR count). The Labute approximate surface area is 103 Å². The van der Waals surface area contributed by atoms with Gasteiger partial charge in [-0.3, -0.25) is 4.79 Å². The van der Waals surface area contributed by atoms with Crippen molar-refractivity contribution in [2.75, 3.05) is 32.8 Å². The quantitative estimate of drug-likeness (QED) is 0.733. The predicted molar refractivity (Wildman–Crippen MR) is 64.7 cm³/mol. The Kier molecular flexibility index (Phi) is 3.09. The third kappa shape index (κ3) is 1.97. The van der Waals surface area contributed by atoms with Gasteiger partial charge in [0.2, 0.25) is 5.91 Å². The molecule has 17 heavy (non-hydrogen) atoms. The normalized spacial score (nSPS) is 35.8. The number of nitrogens with one attached hydrogen (secondary N) is 1. The van der Waals surface area contributed by atoms with Crippen LogP contribution in [-0.4, -0.2) is 49.7 Å². The van der Waals surface area contributed by atoms with Gasteiger partial charge in [0.1, 0.15) is 0 Å². The van der Waals surface area contributed by atoms with Crippen LogP contribution in [0, 0.1) is 5.41 Å². The zero-order chi connectivity index (χ0) is 11.7. The summed E-state index contributed by atoms with van der Waals surface area (Å²) in [7, 11) is 0. The summed E-state index contributed by atoms with van der Waals surface area (Å²) in [5.74, 6) is 0.417. The van der Waals surface area contributed by atoms with Crippen LogP contribution < -0.4 is 5.32 Å². The van der Waals surface area contributed by atoms with Gasteiger partial charge in [0.15, 0.2) is 0 Å². The first-order valence-corrected chi connectivity index (χ1v) is 6.91. The van der Waals surface area contributed by atoms with E-state index >= 15 is 0 Å². The second kappa shape index (κ2) is 4.58. The van der Waals surface area contributed by atoms with Crippen molar-refractivity contribution in [3.8, 4) is 0 Å². The number of carbonyl (C=O) groups excluding carboxylic acids is 1. The minimum Gasteiger partial charge on any atom is -0.381 e. The molecule has 4 heteroatoms. The van der Waals surface area contributed by atoms with Gasteiger partial charge in [-0.15, -0.1) is 0 Å². The largest absolute Gasteiger partial charge is 0.381 e. The molecule has 3 heterocycles. The number of rotatable bonds is 1. The number of nitrogens with zero attached hydrogens (tertiary/aromatic N) is 1. The average molecular weight is 238 g/mol. The second-order valence-corrected chi connectivity index (χ2v) is 5.65. The van der Waals surface area contributed by atoms with Gasteiger partial charge >= 0.3 is 0 Å². The SMILES string of the molecule is O=C1N(C2CCOCC2)CCCC12CCNC2. The summed E-state index contributed by atoms with van der Waals surface area (Å²) in [5.41, 5.74) is -0.0590. The molecule has 3 aliphatic rings. The molecule has 1 unspecified atom stereocenters. The van der Waals surface area contributed by atoms with Gasteiger partial charge in [-0.1, -0.05) is 0 Å². The molecule has 0 aromatic carbocycles. The van der Waals surface area contributed by atoms with Crippen molar-refractivity contribution in [3.63, 3.8) is 0 Å². The summed E-state index contributed by atoms with van der Waals surface area (Å²) < 4.78 is 5.39. The van der Waals surface area contributed by atoms with Gasteiger partial charge in [-0.25, -0.2) is 0 Å². The van der Waals surface area contributed by atoms with E-state index in [1.165, 1.54) is 6.42 Å². The van der Waals surface area contributed by atoms with Crippen LogP contribution in [0.2, 0.25) is 0 Å². The number of likely N-dealkylation sites (tertiary alicyclic amines) is 1. The molecule has 3 saturated heterocycles. The molecule has 0 aliphatic carbocycles. The summed E-state index contributed by atoms with van der Waals surface area (Å²) in [6, 6.07) is 0.439. The maximum atomic E-state index is 12.7. The van der Waals surface area contributed by atoms with E-state index in [-0.39, 0.29) is 5.41 Å². The molecule has 1 amide bonds. The smallest absolute Gasteiger partial charge is 0.230 e. The Morgan fingerprint density at radius 1 is 1.29 bits per heavy atom. The molecule has 1 atom stereocenters. The highest BCUT2D eigenvalue weighted by Crippen LogP contribution is 2.38. The Balaban J connectivity index is 1.74. The summed E-state index contributed by atoms with van der Waals surface area (Å²) in [6.45, 7) is 4.50. The fourth-order valence-corrected chi connectivity index (χ4v) is 3.59. The van der Waals surface area contributed by atoms with Crippen molar-refractivity contribution >= 4 is 5.91 Å². The third-order valence-electron chi connectivity index (χ3n) is 4.64. The first-order valence-electron chi connectivity index (χ1n) is 6.91. The first-order chi connectivity index (χ1) is 8.32. The van der Waals surface area contributed by atoms with Gasteiger partial charge in [-0.05, 0) is 38.6 Å². The molecule has 3 fully saturated rings. The monoisotopic (exact) mass is 238 g/mol. The van der Waals surface area contributed by atoms with Crippen LogP contribution in [0.5, 0.6) is 0 Å². The fourth-order valence-electron chi connectivity index (χ4n) is 3.59. The van der Waals surface area contributed by atoms with E-state index < -0.39 is 0 Å². The molecule has 0 radical (unpaired) electrons. The highest BCUT2D eigenvalue weighted by molar-refractivity contribution is 5.84. The number of carbonyl (C=O) groups is 1. The van der Waals surface area contributed by atoms with Crippen molar-refractivity contribution in [2.45, 2.75) is 38.1 Å². The van der Waals surface area contributed by atoms with E-state index in [4.69, 9.17) is 4.74 Å². The summed E-state index contributed by atoms with van der Waals surface area (Å²) in [4.78, 5) is 14.9. The van der Waals surface area contributed by atoms with Crippen LogP contribution in [0.1, 0.15) is 32.1 Å². The highest BCUT2D eigenvalue weighted by atomic mass is 16.5. The number of hydrogen-bond acceptors (Lipinski definition) is 3. The van der Waals surface area contributed by atoms with Crippen molar-refractivity contribution in [1.29, 1.82) is 0 Å². The van der Waals surface area contributed by atoms with Crippen molar-refractivity contribution in [1.82, 2.24) is 10.2 Å². The Morgan fingerprint density at radius 3 is 2.82 bits per heavy atom. The van der Waals surface area contributed by atoms with E-state index in [2.05, 4.69) is 10.2 Å². The lowest BCUT2D eigenvalue weighted by atomic mass is 9.77. The number of piperidine rings is 1. The molecule has 4 nitrogen and oxygen atoms in total. The number of ether oxygens (including phenoxy) is 1. The molecule has 0 aromatic heterocycles. The molecular weight excluding hydrogens is 216 g/mol. The summed E-state index contributed by atoms with van der Waals surface area (Å²) in [6.07, 6.45) is 5.33. The molecule has 0 bridgehead atoms.